The Bertz CT molecular complexity index is 46.0. The zero-order valence-corrected chi connectivity index (χ0v) is 6.15. The van der Waals surface area contributed by atoms with Crippen LogP contribution < -0.4 is 0 Å². The first-order chi connectivity index (χ1) is 3.66. The maximum atomic E-state index is 5.67. The summed E-state index contributed by atoms with van der Waals surface area (Å²) in [5.74, 6) is 1.18. The third-order valence-electron chi connectivity index (χ3n) is 1.30. The summed E-state index contributed by atoms with van der Waals surface area (Å²) < 4.78 is 0. The summed E-state index contributed by atoms with van der Waals surface area (Å²) in [6, 6.07) is 0. The van der Waals surface area contributed by atoms with E-state index in [4.69, 9.17) is 6.92 Å². The lowest BCUT2D eigenvalue weighted by atomic mass is 9.97. The second-order valence-corrected chi connectivity index (χ2v) is 2.80. The highest BCUT2D eigenvalue weighted by Gasteiger charge is 2.00. The summed E-state index contributed by atoms with van der Waals surface area (Å²) >= 11 is 0. The summed E-state index contributed by atoms with van der Waals surface area (Å²) in [7, 11) is 0. The molecular formula is C8H16. The van der Waals surface area contributed by atoms with Crippen molar-refractivity contribution in [3.63, 3.8) is 0 Å². The van der Waals surface area contributed by atoms with Gasteiger partial charge in [-0.2, -0.15) is 0 Å². The molecule has 0 N–H and O–H groups in total. The van der Waals surface area contributed by atoms with Crippen molar-refractivity contribution in [1.82, 2.24) is 0 Å². The molecule has 48 valence electrons. The molecule has 0 saturated carbocycles. The van der Waals surface area contributed by atoms with Gasteiger partial charge in [0.15, 0.2) is 0 Å². The largest absolute Gasteiger partial charge is 0.0651 e. The molecule has 0 aliphatic heterocycles. The van der Waals surface area contributed by atoms with Crippen LogP contribution in [0.15, 0.2) is 0 Å². The monoisotopic (exact) mass is 112 g/mol. The van der Waals surface area contributed by atoms with Gasteiger partial charge in [0, 0.05) is 0 Å². The standard InChI is InChI=1S/C8H16/c1-5-8(4)6-7(2)3/h4,7-8H,5-6H2,1-3H3. The molecule has 0 saturated heterocycles. The van der Waals surface area contributed by atoms with Crippen molar-refractivity contribution in [2.45, 2.75) is 33.6 Å². The van der Waals surface area contributed by atoms with Crippen molar-refractivity contribution >= 4 is 0 Å². The zero-order chi connectivity index (χ0) is 6.57. The highest BCUT2D eigenvalue weighted by molar-refractivity contribution is 4.60. The van der Waals surface area contributed by atoms with Crippen molar-refractivity contribution in [2.24, 2.45) is 11.8 Å². The van der Waals surface area contributed by atoms with Crippen LogP contribution in [-0.4, -0.2) is 0 Å². The van der Waals surface area contributed by atoms with Gasteiger partial charge in [-0.3, -0.25) is 0 Å². The van der Waals surface area contributed by atoms with Crippen molar-refractivity contribution < 1.29 is 0 Å². The van der Waals surface area contributed by atoms with Gasteiger partial charge >= 0.3 is 0 Å². The maximum Gasteiger partial charge on any atom is -0.0318 e. The highest BCUT2D eigenvalue weighted by atomic mass is 14.1. The third kappa shape index (κ3) is 4.17. The Morgan fingerprint density at radius 2 is 1.88 bits per heavy atom. The summed E-state index contributed by atoms with van der Waals surface area (Å²) in [5, 5.41) is 0. The SMILES string of the molecule is [CH]C(CC)CC(C)C. The Labute approximate surface area is 53.3 Å². The second kappa shape index (κ2) is 3.94. The first-order valence-electron chi connectivity index (χ1n) is 3.42. The van der Waals surface area contributed by atoms with Gasteiger partial charge in [-0.1, -0.05) is 27.2 Å². The van der Waals surface area contributed by atoms with Crippen LogP contribution in [0.4, 0.5) is 0 Å². The Balaban J connectivity index is 3.10. The van der Waals surface area contributed by atoms with E-state index < -0.39 is 0 Å². The Kier molecular flexibility index (Phi) is 3.94. The molecule has 0 aromatic heterocycles. The summed E-state index contributed by atoms with van der Waals surface area (Å²) in [6.07, 6.45) is 2.27. The average Bonchev–Trinajstić information content (AvgIpc) is 1.65. The summed E-state index contributed by atoms with van der Waals surface area (Å²) in [5.41, 5.74) is 0. The summed E-state index contributed by atoms with van der Waals surface area (Å²) in [6.45, 7) is 12.2. The third-order valence-corrected chi connectivity index (χ3v) is 1.30. The molecule has 0 amide bonds. The Hall–Kier alpha value is 0. The minimum Gasteiger partial charge on any atom is -0.0651 e. The van der Waals surface area contributed by atoms with E-state index in [1.54, 1.807) is 0 Å². The number of hydrogen-bond acceptors (Lipinski definition) is 0. The molecular weight excluding hydrogens is 96.1 g/mol. The van der Waals surface area contributed by atoms with Crippen LogP contribution in [0, 0.1) is 18.8 Å². The first-order valence-corrected chi connectivity index (χ1v) is 3.42. The molecule has 1 unspecified atom stereocenters. The van der Waals surface area contributed by atoms with Crippen LogP contribution in [0.5, 0.6) is 0 Å². The van der Waals surface area contributed by atoms with E-state index in [1.165, 1.54) is 0 Å². The topological polar surface area (TPSA) is 0 Å². The van der Waals surface area contributed by atoms with Gasteiger partial charge < -0.3 is 0 Å². The Morgan fingerprint density at radius 1 is 1.38 bits per heavy atom. The van der Waals surface area contributed by atoms with E-state index in [-0.39, 0.29) is 0 Å². The second-order valence-electron chi connectivity index (χ2n) is 2.80. The van der Waals surface area contributed by atoms with Gasteiger partial charge in [0.05, 0.1) is 0 Å². The van der Waals surface area contributed by atoms with E-state index in [2.05, 4.69) is 20.8 Å². The first kappa shape index (κ1) is 8.00. The average molecular weight is 112 g/mol. The van der Waals surface area contributed by atoms with Crippen molar-refractivity contribution in [1.29, 1.82) is 0 Å². The minimum absolute atomic E-state index is 0.426. The molecule has 0 bridgehead atoms. The smallest absolute Gasteiger partial charge is 0.0318 e. The van der Waals surface area contributed by atoms with Crippen LogP contribution in [0.3, 0.4) is 0 Å². The molecule has 8 heavy (non-hydrogen) atoms. The fraction of sp³-hybridized carbons (Fsp3) is 0.875. The molecule has 0 aromatic carbocycles. The summed E-state index contributed by atoms with van der Waals surface area (Å²) in [4.78, 5) is 0. The number of hydrogen-bond donors (Lipinski definition) is 0. The van der Waals surface area contributed by atoms with E-state index >= 15 is 0 Å². The van der Waals surface area contributed by atoms with Gasteiger partial charge in [0.2, 0.25) is 0 Å². The molecule has 0 aromatic rings. The van der Waals surface area contributed by atoms with E-state index in [1.807, 2.05) is 0 Å². The predicted octanol–water partition coefficient (Wildman–Crippen LogP) is 2.77. The quantitative estimate of drug-likeness (QED) is 0.526. The van der Waals surface area contributed by atoms with Crippen LogP contribution in [-0.2, 0) is 0 Å². The molecule has 0 heterocycles. The normalized spacial score (nSPS) is 14.6. The van der Waals surface area contributed by atoms with Crippen LogP contribution in [0.25, 0.3) is 0 Å². The molecule has 0 fully saturated rings. The highest BCUT2D eigenvalue weighted by Crippen LogP contribution is 2.12. The van der Waals surface area contributed by atoms with Gasteiger partial charge in [-0.05, 0) is 25.2 Å². The molecule has 0 heteroatoms. The van der Waals surface area contributed by atoms with Gasteiger partial charge in [-0.25, -0.2) is 0 Å². The predicted molar refractivity (Wildman–Crippen MR) is 37.5 cm³/mol. The van der Waals surface area contributed by atoms with E-state index in [9.17, 15) is 0 Å². The lowest BCUT2D eigenvalue weighted by Gasteiger charge is -2.09. The van der Waals surface area contributed by atoms with Crippen molar-refractivity contribution in [3.8, 4) is 0 Å². The van der Waals surface area contributed by atoms with Crippen LogP contribution >= 0.6 is 0 Å². The molecule has 2 radical (unpaired) electrons. The van der Waals surface area contributed by atoms with Gasteiger partial charge in [0.1, 0.15) is 0 Å². The molecule has 0 rings (SSSR count). The number of rotatable bonds is 3. The molecule has 1 atom stereocenters. The van der Waals surface area contributed by atoms with Crippen LogP contribution in [0.2, 0.25) is 0 Å². The van der Waals surface area contributed by atoms with Gasteiger partial charge in [-0.15, -0.1) is 0 Å². The lowest BCUT2D eigenvalue weighted by Crippen LogP contribution is -1.97. The zero-order valence-electron chi connectivity index (χ0n) is 6.15. The van der Waals surface area contributed by atoms with Crippen LogP contribution in [0.1, 0.15) is 33.6 Å². The van der Waals surface area contributed by atoms with Crippen molar-refractivity contribution in [3.05, 3.63) is 6.92 Å². The molecule has 0 aliphatic rings. The molecule has 0 aliphatic carbocycles. The Morgan fingerprint density at radius 3 is 2.00 bits per heavy atom. The minimum atomic E-state index is 0.426. The van der Waals surface area contributed by atoms with Crippen molar-refractivity contribution in [2.75, 3.05) is 0 Å². The molecule has 0 spiro atoms. The van der Waals surface area contributed by atoms with Gasteiger partial charge in [0.25, 0.3) is 0 Å². The van der Waals surface area contributed by atoms with E-state index in [0.29, 0.717) is 5.92 Å². The maximum absolute atomic E-state index is 5.67. The molecule has 0 nitrogen and oxygen atoms in total. The lowest BCUT2D eigenvalue weighted by molar-refractivity contribution is 0.463. The fourth-order valence-corrected chi connectivity index (χ4v) is 0.772. The fourth-order valence-electron chi connectivity index (χ4n) is 0.772. The van der Waals surface area contributed by atoms with E-state index in [0.717, 1.165) is 18.8 Å².